The van der Waals surface area contributed by atoms with Crippen LogP contribution in [-0.2, 0) is 26.2 Å². The summed E-state index contributed by atoms with van der Waals surface area (Å²) in [7, 11) is -3.95. The van der Waals surface area contributed by atoms with Crippen molar-refractivity contribution in [1.82, 2.24) is 10.2 Å². The Hall–Kier alpha value is -2.94. The van der Waals surface area contributed by atoms with Gasteiger partial charge in [0.1, 0.15) is 18.4 Å². The van der Waals surface area contributed by atoms with Crippen LogP contribution in [0, 0.1) is 5.82 Å². The molecule has 30 heavy (non-hydrogen) atoms. The molecule has 0 unspecified atom stereocenters. The topological polar surface area (TPSA) is 86.8 Å². The lowest BCUT2D eigenvalue weighted by Gasteiger charge is -2.31. The van der Waals surface area contributed by atoms with E-state index in [9.17, 15) is 22.4 Å². The molecule has 7 nitrogen and oxygen atoms in total. The second-order valence-corrected chi connectivity index (χ2v) is 8.71. The van der Waals surface area contributed by atoms with Gasteiger partial charge in [-0.3, -0.25) is 13.9 Å². The van der Waals surface area contributed by atoms with Gasteiger partial charge in [0, 0.05) is 13.1 Å². The number of amides is 2. The van der Waals surface area contributed by atoms with E-state index < -0.39 is 34.3 Å². The summed E-state index contributed by atoms with van der Waals surface area (Å²) < 4.78 is 39.6. The second kappa shape index (κ2) is 10.2. The summed E-state index contributed by atoms with van der Waals surface area (Å²) in [6, 6.07) is 13.5. The molecule has 2 aromatic rings. The molecule has 0 aliphatic rings. The molecule has 0 fully saturated rings. The van der Waals surface area contributed by atoms with Crippen molar-refractivity contribution >= 4 is 27.5 Å². The largest absolute Gasteiger partial charge is 0.355 e. The Morgan fingerprint density at radius 1 is 1.07 bits per heavy atom. The van der Waals surface area contributed by atoms with Gasteiger partial charge in [-0.25, -0.2) is 12.8 Å². The van der Waals surface area contributed by atoms with E-state index in [2.05, 4.69) is 5.32 Å². The lowest BCUT2D eigenvalue weighted by atomic mass is 10.1. The Morgan fingerprint density at radius 2 is 1.67 bits per heavy atom. The van der Waals surface area contributed by atoms with Crippen LogP contribution in [0.5, 0.6) is 0 Å². The van der Waals surface area contributed by atoms with Crippen molar-refractivity contribution in [2.45, 2.75) is 26.4 Å². The molecule has 162 valence electrons. The molecule has 0 radical (unpaired) electrons. The summed E-state index contributed by atoms with van der Waals surface area (Å²) >= 11 is 0. The Kier molecular flexibility index (Phi) is 7.93. The average Bonchev–Trinajstić information content (AvgIpc) is 2.70. The van der Waals surface area contributed by atoms with Crippen LogP contribution in [0.4, 0.5) is 10.1 Å². The quantitative estimate of drug-likeness (QED) is 0.654. The molecule has 0 spiro atoms. The minimum absolute atomic E-state index is 0.104. The van der Waals surface area contributed by atoms with Crippen molar-refractivity contribution in [2.24, 2.45) is 0 Å². The van der Waals surface area contributed by atoms with Crippen molar-refractivity contribution in [3.8, 4) is 0 Å². The lowest BCUT2D eigenvalue weighted by molar-refractivity contribution is -0.139. The summed E-state index contributed by atoms with van der Waals surface area (Å²) in [5.41, 5.74) is 0.553. The number of hydrogen-bond acceptors (Lipinski definition) is 4. The maximum atomic E-state index is 14.3. The van der Waals surface area contributed by atoms with Crippen molar-refractivity contribution in [1.29, 1.82) is 0 Å². The molecule has 0 aromatic heterocycles. The number of carbonyl (C=O) groups is 2. The minimum Gasteiger partial charge on any atom is -0.355 e. The number of nitrogens with one attached hydrogen (secondary N) is 1. The predicted octanol–water partition coefficient (Wildman–Crippen LogP) is 2.15. The smallest absolute Gasteiger partial charge is 0.244 e. The minimum atomic E-state index is -3.95. The highest BCUT2D eigenvalue weighted by Crippen LogP contribution is 2.22. The highest BCUT2D eigenvalue weighted by molar-refractivity contribution is 7.92. The fraction of sp³-hybridized carbons (Fsp3) is 0.333. The average molecular weight is 436 g/mol. The van der Waals surface area contributed by atoms with Crippen LogP contribution in [0.25, 0.3) is 0 Å². The molecular weight excluding hydrogens is 409 g/mol. The monoisotopic (exact) mass is 435 g/mol. The number of rotatable bonds is 9. The maximum Gasteiger partial charge on any atom is 0.244 e. The van der Waals surface area contributed by atoms with Gasteiger partial charge in [0.15, 0.2) is 0 Å². The summed E-state index contributed by atoms with van der Waals surface area (Å²) in [6.07, 6.45) is 0.904. The number of para-hydroxylation sites is 1. The van der Waals surface area contributed by atoms with Crippen LogP contribution < -0.4 is 9.62 Å². The molecule has 2 amide bonds. The van der Waals surface area contributed by atoms with Crippen molar-refractivity contribution in [3.05, 3.63) is 66.0 Å². The van der Waals surface area contributed by atoms with Crippen molar-refractivity contribution in [3.63, 3.8) is 0 Å². The first-order valence-corrected chi connectivity index (χ1v) is 11.3. The van der Waals surface area contributed by atoms with Gasteiger partial charge in [-0.2, -0.15) is 0 Å². The number of sulfonamides is 1. The number of halogens is 1. The van der Waals surface area contributed by atoms with Crippen molar-refractivity contribution in [2.75, 3.05) is 23.7 Å². The molecule has 1 atom stereocenters. The Morgan fingerprint density at radius 3 is 2.23 bits per heavy atom. The number of carbonyl (C=O) groups excluding carboxylic acids is 2. The first-order chi connectivity index (χ1) is 14.1. The Bertz CT molecular complexity index is 983. The second-order valence-electron chi connectivity index (χ2n) is 6.80. The van der Waals surface area contributed by atoms with E-state index in [0.717, 1.165) is 17.9 Å². The van der Waals surface area contributed by atoms with Crippen LogP contribution in [0.15, 0.2) is 54.6 Å². The van der Waals surface area contributed by atoms with Gasteiger partial charge < -0.3 is 10.2 Å². The van der Waals surface area contributed by atoms with Crippen LogP contribution in [0.3, 0.4) is 0 Å². The molecular formula is C21H26FN3O4S. The van der Waals surface area contributed by atoms with Gasteiger partial charge in [-0.15, -0.1) is 0 Å². The van der Waals surface area contributed by atoms with Gasteiger partial charge >= 0.3 is 0 Å². The number of nitrogens with zero attached hydrogens (tertiary/aromatic N) is 2. The fourth-order valence-corrected chi connectivity index (χ4v) is 3.78. The fourth-order valence-electron chi connectivity index (χ4n) is 2.93. The summed E-state index contributed by atoms with van der Waals surface area (Å²) in [4.78, 5) is 26.8. The molecule has 9 heteroatoms. The summed E-state index contributed by atoms with van der Waals surface area (Å²) in [5.74, 6) is -1.74. The van der Waals surface area contributed by atoms with E-state index in [4.69, 9.17) is 0 Å². The number of likely N-dealkylation sites (N-methyl/N-ethyl adjacent to an activating group) is 1. The third kappa shape index (κ3) is 6.03. The molecule has 0 aliphatic carbocycles. The standard InChI is InChI=1S/C21H26FN3O4S/c1-4-23-21(27)16(2)24(14-17-10-6-5-7-11-17)20(26)15-25(30(3,28)29)19-13-9-8-12-18(19)22/h5-13,16H,4,14-15H2,1-3H3,(H,23,27)/t16-/m0/s1. The first kappa shape index (κ1) is 23.3. The van der Waals surface area contributed by atoms with Gasteiger partial charge in [-0.05, 0) is 31.5 Å². The maximum absolute atomic E-state index is 14.3. The number of hydrogen-bond donors (Lipinski definition) is 1. The van der Waals surface area contributed by atoms with E-state index in [1.807, 2.05) is 6.07 Å². The Labute approximate surface area is 176 Å². The van der Waals surface area contributed by atoms with E-state index in [0.29, 0.717) is 10.8 Å². The summed E-state index contributed by atoms with van der Waals surface area (Å²) in [5, 5.41) is 2.67. The SMILES string of the molecule is CCNC(=O)[C@H](C)N(Cc1ccccc1)C(=O)CN(c1ccccc1F)S(C)(=O)=O. The number of anilines is 1. The highest BCUT2D eigenvalue weighted by Gasteiger charge is 2.30. The molecule has 1 N–H and O–H groups in total. The third-order valence-corrected chi connectivity index (χ3v) is 5.64. The Balaban J connectivity index is 2.37. The molecule has 0 saturated heterocycles. The van der Waals surface area contributed by atoms with Gasteiger partial charge in [0.05, 0.1) is 11.9 Å². The van der Waals surface area contributed by atoms with E-state index in [1.54, 1.807) is 38.1 Å². The summed E-state index contributed by atoms with van der Waals surface area (Å²) in [6.45, 7) is 3.20. The lowest BCUT2D eigenvalue weighted by Crippen LogP contribution is -2.51. The normalized spacial score (nSPS) is 12.1. The predicted molar refractivity (Wildman–Crippen MR) is 114 cm³/mol. The molecule has 0 saturated carbocycles. The van der Waals surface area contributed by atoms with E-state index >= 15 is 0 Å². The highest BCUT2D eigenvalue weighted by atomic mass is 32.2. The van der Waals surface area contributed by atoms with Crippen LogP contribution >= 0.6 is 0 Å². The number of benzene rings is 2. The molecule has 0 bridgehead atoms. The molecule has 0 heterocycles. The van der Waals surface area contributed by atoms with Crippen LogP contribution in [-0.4, -0.2) is 50.5 Å². The van der Waals surface area contributed by atoms with E-state index in [1.165, 1.54) is 23.1 Å². The van der Waals surface area contributed by atoms with Gasteiger partial charge in [0.25, 0.3) is 0 Å². The van der Waals surface area contributed by atoms with Crippen LogP contribution in [0.2, 0.25) is 0 Å². The zero-order valence-electron chi connectivity index (χ0n) is 17.2. The first-order valence-electron chi connectivity index (χ1n) is 9.48. The van der Waals surface area contributed by atoms with Gasteiger partial charge in [0.2, 0.25) is 21.8 Å². The van der Waals surface area contributed by atoms with Crippen LogP contribution in [0.1, 0.15) is 19.4 Å². The zero-order chi connectivity index (χ0) is 22.3. The van der Waals surface area contributed by atoms with Crippen molar-refractivity contribution < 1.29 is 22.4 Å². The molecule has 0 aliphatic heterocycles. The van der Waals surface area contributed by atoms with Gasteiger partial charge in [-0.1, -0.05) is 42.5 Å². The molecule has 2 aromatic carbocycles. The molecule has 2 rings (SSSR count). The zero-order valence-corrected chi connectivity index (χ0v) is 18.0. The van der Waals surface area contributed by atoms with E-state index in [-0.39, 0.29) is 18.1 Å². The third-order valence-electron chi connectivity index (χ3n) is 4.51.